The van der Waals surface area contributed by atoms with Crippen LogP contribution in [0.1, 0.15) is 6.92 Å². The molecule has 3 aromatic rings. The summed E-state index contributed by atoms with van der Waals surface area (Å²) >= 11 is 1.62. The predicted octanol–water partition coefficient (Wildman–Crippen LogP) is 5.62. The van der Waals surface area contributed by atoms with E-state index in [1.54, 1.807) is 18.4 Å². The number of rotatable bonds is 7. The monoisotopic (exact) mass is 446 g/mol. The molecule has 0 N–H and O–H groups in total. The van der Waals surface area contributed by atoms with E-state index in [1.807, 2.05) is 49.4 Å². The molecule has 142 valence electrons. The van der Waals surface area contributed by atoms with Crippen molar-refractivity contribution in [3.05, 3.63) is 71.4 Å². The lowest BCUT2D eigenvalue weighted by Crippen LogP contribution is -2.14. The minimum absolute atomic E-state index is 0. The van der Waals surface area contributed by atoms with Gasteiger partial charge in [0.15, 0.2) is 4.80 Å². The fourth-order valence-electron chi connectivity index (χ4n) is 2.61. The number of methoxy groups -OCH3 is 1. The van der Waals surface area contributed by atoms with Crippen molar-refractivity contribution in [3.8, 4) is 22.8 Å². The minimum Gasteiger partial charge on any atom is -0.497 e. The molecule has 0 amide bonds. The Morgan fingerprint density at radius 3 is 2.33 bits per heavy atom. The molecule has 0 atom stereocenters. The summed E-state index contributed by atoms with van der Waals surface area (Å²) in [6.45, 7) is 7.21. The lowest BCUT2D eigenvalue weighted by atomic mass is 10.1. The molecule has 4 nitrogen and oxygen atoms in total. The first-order chi connectivity index (χ1) is 12.7. The van der Waals surface area contributed by atoms with Crippen molar-refractivity contribution in [2.75, 3.05) is 13.7 Å². The first-order valence-electron chi connectivity index (χ1n) is 8.46. The number of nitrogens with zero attached hydrogens (tertiary/aromatic N) is 2. The molecule has 0 bridgehead atoms. The molecule has 1 heterocycles. The van der Waals surface area contributed by atoms with E-state index < -0.39 is 0 Å². The standard InChI is InChI=1S/C21H22N2O2S.BrH/c1-4-14-23-20(16-6-10-18(24-3)11-7-16)15-26-21(23)22-17-8-12-19(13-9-17)25-5-2;/h4,6-13,15H,1,5,14H2,2-3H3;1H. The fourth-order valence-corrected chi connectivity index (χ4v) is 3.55. The van der Waals surface area contributed by atoms with Crippen molar-refractivity contribution < 1.29 is 9.47 Å². The molecule has 0 spiro atoms. The van der Waals surface area contributed by atoms with Crippen LogP contribution >= 0.6 is 28.3 Å². The predicted molar refractivity (Wildman–Crippen MR) is 118 cm³/mol. The van der Waals surface area contributed by atoms with E-state index in [-0.39, 0.29) is 17.0 Å². The van der Waals surface area contributed by atoms with Crippen LogP contribution in [0.2, 0.25) is 0 Å². The average molecular weight is 447 g/mol. The van der Waals surface area contributed by atoms with E-state index in [0.717, 1.165) is 33.2 Å². The summed E-state index contributed by atoms with van der Waals surface area (Å²) in [6, 6.07) is 15.9. The zero-order valence-electron chi connectivity index (χ0n) is 15.4. The number of hydrogen-bond donors (Lipinski definition) is 0. The quantitative estimate of drug-likeness (QED) is 0.441. The first-order valence-corrected chi connectivity index (χ1v) is 9.34. The summed E-state index contributed by atoms with van der Waals surface area (Å²) in [7, 11) is 1.67. The molecule has 0 saturated heterocycles. The molecule has 0 radical (unpaired) electrons. The van der Waals surface area contributed by atoms with Crippen LogP contribution < -0.4 is 14.3 Å². The van der Waals surface area contributed by atoms with Crippen LogP contribution in [0.15, 0.2) is 71.6 Å². The Morgan fingerprint density at radius 1 is 1.07 bits per heavy atom. The van der Waals surface area contributed by atoms with E-state index in [2.05, 4.69) is 28.7 Å². The summed E-state index contributed by atoms with van der Waals surface area (Å²) in [5.41, 5.74) is 3.13. The highest BCUT2D eigenvalue weighted by Crippen LogP contribution is 2.24. The van der Waals surface area contributed by atoms with Crippen LogP contribution in [-0.2, 0) is 6.54 Å². The van der Waals surface area contributed by atoms with Gasteiger partial charge in [-0.25, -0.2) is 4.99 Å². The number of halogens is 1. The molecule has 0 fully saturated rings. The number of allylic oxidation sites excluding steroid dienone is 1. The van der Waals surface area contributed by atoms with E-state index in [9.17, 15) is 0 Å². The Hall–Kier alpha value is -2.31. The third-order valence-corrected chi connectivity index (χ3v) is 4.73. The molecule has 0 saturated carbocycles. The fraction of sp³-hybridized carbons (Fsp3) is 0.190. The van der Waals surface area contributed by atoms with E-state index >= 15 is 0 Å². The summed E-state index contributed by atoms with van der Waals surface area (Å²) in [5.74, 6) is 1.70. The normalized spacial score (nSPS) is 11.0. The van der Waals surface area contributed by atoms with Gasteiger partial charge in [0.05, 0.1) is 25.1 Å². The Labute approximate surface area is 174 Å². The van der Waals surface area contributed by atoms with Crippen LogP contribution in [0, 0.1) is 0 Å². The van der Waals surface area contributed by atoms with Gasteiger partial charge in [0.25, 0.3) is 0 Å². The summed E-state index contributed by atoms with van der Waals surface area (Å²) in [4.78, 5) is 5.72. The molecule has 27 heavy (non-hydrogen) atoms. The molecule has 6 heteroatoms. The van der Waals surface area contributed by atoms with Crippen molar-refractivity contribution in [2.45, 2.75) is 13.5 Å². The largest absolute Gasteiger partial charge is 0.497 e. The van der Waals surface area contributed by atoms with Gasteiger partial charge in [0.1, 0.15) is 11.5 Å². The summed E-state index contributed by atoms with van der Waals surface area (Å²) in [6.07, 6.45) is 1.89. The molecule has 1 aromatic heterocycles. The van der Waals surface area contributed by atoms with E-state index in [4.69, 9.17) is 14.5 Å². The number of aromatic nitrogens is 1. The highest BCUT2D eigenvalue weighted by Gasteiger charge is 2.07. The van der Waals surface area contributed by atoms with Gasteiger partial charge < -0.3 is 14.0 Å². The smallest absolute Gasteiger partial charge is 0.190 e. The Bertz CT molecular complexity index is 928. The van der Waals surface area contributed by atoms with Crippen LogP contribution in [0.3, 0.4) is 0 Å². The Kier molecular flexibility index (Phi) is 7.88. The molecule has 2 aromatic carbocycles. The van der Waals surface area contributed by atoms with Gasteiger partial charge in [-0.1, -0.05) is 6.08 Å². The second-order valence-corrected chi connectivity index (χ2v) is 6.41. The van der Waals surface area contributed by atoms with Crippen molar-refractivity contribution in [1.82, 2.24) is 4.57 Å². The SMILES string of the molecule is Br.C=CCn1c(-c2ccc(OC)cc2)csc1=Nc1ccc(OCC)cc1. The van der Waals surface area contributed by atoms with Crippen molar-refractivity contribution >= 4 is 34.0 Å². The van der Waals surface area contributed by atoms with Crippen molar-refractivity contribution in [1.29, 1.82) is 0 Å². The maximum atomic E-state index is 5.49. The van der Waals surface area contributed by atoms with Gasteiger partial charge in [-0.05, 0) is 61.0 Å². The van der Waals surface area contributed by atoms with Crippen LogP contribution in [-0.4, -0.2) is 18.3 Å². The first kappa shape index (κ1) is 21.0. The molecule has 0 aliphatic carbocycles. The average Bonchev–Trinajstić information content (AvgIpc) is 3.06. The second-order valence-electron chi connectivity index (χ2n) is 5.57. The second kappa shape index (κ2) is 10.1. The van der Waals surface area contributed by atoms with Crippen LogP contribution in [0.4, 0.5) is 5.69 Å². The highest BCUT2D eigenvalue weighted by atomic mass is 79.9. The maximum Gasteiger partial charge on any atom is 0.190 e. The van der Waals surface area contributed by atoms with Gasteiger partial charge in [-0.15, -0.1) is 34.9 Å². The zero-order valence-corrected chi connectivity index (χ0v) is 18.0. The zero-order chi connectivity index (χ0) is 18.4. The molecule has 0 aliphatic heterocycles. The van der Waals surface area contributed by atoms with E-state index in [1.165, 1.54) is 0 Å². The third kappa shape index (κ3) is 5.11. The molecule has 3 rings (SSSR count). The van der Waals surface area contributed by atoms with Crippen LogP contribution in [0.25, 0.3) is 11.3 Å². The number of thiazole rings is 1. The third-order valence-electron chi connectivity index (χ3n) is 3.87. The van der Waals surface area contributed by atoms with Crippen molar-refractivity contribution in [2.24, 2.45) is 4.99 Å². The Balaban J connectivity index is 0.00000261. The highest BCUT2D eigenvalue weighted by molar-refractivity contribution is 8.93. The lowest BCUT2D eigenvalue weighted by molar-refractivity contribution is 0.340. The van der Waals surface area contributed by atoms with E-state index in [0.29, 0.717) is 13.2 Å². The number of ether oxygens (including phenoxy) is 2. The lowest BCUT2D eigenvalue weighted by Gasteiger charge is -2.07. The minimum atomic E-state index is 0. The van der Waals surface area contributed by atoms with Gasteiger partial charge in [-0.3, -0.25) is 0 Å². The number of benzene rings is 2. The van der Waals surface area contributed by atoms with Gasteiger partial charge in [0, 0.05) is 11.9 Å². The van der Waals surface area contributed by atoms with Gasteiger partial charge >= 0.3 is 0 Å². The van der Waals surface area contributed by atoms with Crippen LogP contribution in [0.5, 0.6) is 11.5 Å². The van der Waals surface area contributed by atoms with Gasteiger partial charge in [-0.2, -0.15) is 0 Å². The topological polar surface area (TPSA) is 35.8 Å². The maximum absolute atomic E-state index is 5.49. The number of hydrogen-bond acceptors (Lipinski definition) is 4. The summed E-state index contributed by atoms with van der Waals surface area (Å²) in [5, 5.41) is 2.12. The molecular weight excluding hydrogens is 424 g/mol. The molecule has 0 unspecified atom stereocenters. The van der Waals surface area contributed by atoms with Gasteiger partial charge in [0.2, 0.25) is 0 Å². The van der Waals surface area contributed by atoms with Crippen molar-refractivity contribution in [3.63, 3.8) is 0 Å². The molecular formula is C21H23BrN2O2S. The molecule has 0 aliphatic rings. The summed E-state index contributed by atoms with van der Waals surface area (Å²) < 4.78 is 12.9. The Morgan fingerprint density at radius 2 is 1.74 bits per heavy atom.